The van der Waals surface area contributed by atoms with Crippen molar-refractivity contribution in [1.29, 1.82) is 0 Å². The number of anilines is 1. The summed E-state index contributed by atoms with van der Waals surface area (Å²) in [6.07, 6.45) is 3.94. The number of fused-ring (bicyclic) bond motifs is 1. The molecule has 1 unspecified atom stereocenters. The average Bonchev–Trinajstić information content (AvgIpc) is 3.06. The Kier molecular flexibility index (Phi) is 3.88. The highest BCUT2D eigenvalue weighted by atomic mass is 16.5. The average molecular weight is 274 g/mol. The maximum atomic E-state index is 5.57. The Hall–Kier alpha value is -1.22. The zero-order valence-electron chi connectivity index (χ0n) is 12.9. The van der Waals surface area contributed by atoms with Crippen molar-refractivity contribution in [3.05, 3.63) is 23.8 Å². The van der Waals surface area contributed by atoms with Gasteiger partial charge in [0.15, 0.2) is 0 Å². The highest BCUT2D eigenvalue weighted by molar-refractivity contribution is 5.63. The molecule has 1 aromatic rings. The normalized spacial score (nSPS) is 25.8. The Balaban J connectivity index is 1.78. The van der Waals surface area contributed by atoms with E-state index in [-0.39, 0.29) is 0 Å². The predicted molar refractivity (Wildman–Crippen MR) is 83.7 cm³/mol. The van der Waals surface area contributed by atoms with Crippen molar-refractivity contribution in [2.45, 2.75) is 51.1 Å². The number of nitrogens with one attached hydrogen (secondary N) is 1. The molecule has 2 atom stereocenters. The molecule has 0 amide bonds. The first-order valence-corrected chi connectivity index (χ1v) is 7.87. The summed E-state index contributed by atoms with van der Waals surface area (Å²) in [6, 6.07) is 7.73. The number of benzene rings is 1. The third-order valence-electron chi connectivity index (χ3n) is 4.88. The van der Waals surface area contributed by atoms with Crippen molar-refractivity contribution in [2.75, 3.05) is 25.5 Å². The smallest absolute Gasteiger partial charge is 0.124 e. The lowest BCUT2D eigenvalue weighted by atomic mass is 9.92. The summed E-state index contributed by atoms with van der Waals surface area (Å²) in [5.41, 5.74) is 2.66. The second-order valence-corrected chi connectivity index (χ2v) is 6.36. The van der Waals surface area contributed by atoms with Crippen molar-refractivity contribution in [3.63, 3.8) is 0 Å². The number of nitrogens with zero attached hydrogens (tertiary/aromatic N) is 1. The van der Waals surface area contributed by atoms with E-state index in [0.29, 0.717) is 12.0 Å². The van der Waals surface area contributed by atoms with Gasteiger partial charge in [0.2, 0.25) is 0 Å². The van der Waals surface area contributed by atoms with E-state index in [9.17, 15) is 0 Å². The van der Waals surface area contributed by atoms with E-state index in [4.69, 9.17) is 4.74 Å². The SMILES string of the molecule is COc1cccc2c1C(C[C@H]1CCCN1C(C)C)CN2. The molecule has 2 aliphatic rings. The van der Waals surface area contributed by atoms with Crippen molar-refractivity contribution >= 4 is 5.69 Å². The summed E-state index contributed by atoms with van der Waals surface area (Å²) in [6.45, 7) is 6.96. The molecule has 0 aliphatic carbocycles. The van der Waals surface area contributed by atoms with Gasteiger partial charge in [0.1, 0.15) is 5.75 Å². The summed E-state index contributed by atoms with van der Waals surface area (Å²) in [5, 5.41) is 3.54. The van der Waals surface area contributed by atoms with E-state index in [1.54, 1.807) is 7.11 Å². The zero-order valence-corrected chi connectivity index (χ0v) is 12.9. The number of methoxy groups -OCH3 is 1. The van der Waals surface area contributed by atoms with E-state index in [0.717, 1.165) is 18.3 Å². The number of hydrogen-bond donors (Lipinski definition) is 1. The van der Waals surface area contributed by atoms with E-state index >= 15 is 0 Å². The Labute approximate surface area is 122 Å². The number of likely N-dealkylation sites (tertiary alicyclic amines) is 1. The number of rotatable bonds is 4. The molecular formula is C17H26N2O. The van der Waals surface area contributed by atoms with Gasteiger partial charge in [0, 0.05) is 35.8 Å². The van der Waals surface area contributed by atoms with Gasteiger partial charge in [-0.2, -0.15) is 0 Å². The molecule has 0 radical (unpaired) electrons. The van der Waals surface area contributed by atoms with Crippen molar-refractivity contribution in [2.24, 2.45) is 0 Å². The van der Waals surface area contributed by atoms with Gasteiger partial charge in [-0.15, -0.1) is 0 Å². The highest BCUT2D eigenvalue weighted by Gasteiger charge is 2.33. The van der Waals surface area contributed by atoms with E-state index in [2.05, 4.69) is 42.3 Å². The largest absolute Gasteiger partial charge is 0.496 e. The summed E-state index contributed by atoms with van der Waals surface area (Å²) in [7, 11) is 1.78. The van der Waals surface area contributed by atoms with E-state index < -0.39 is 0 Å². The van der Waals surface area contributed by atoms with Crippen LogP contribution in [-0.2, 0) is 0 Å². The fourth-order valence-electron chi connectivity index (χ4n) is 3.95. The lowest BCUT2D eigenvalue weighted by Gasteiger charge is -2.30. The summed E-state index contributed by atoms with van der Waals surface area (Å²) in [5.74, 6) is 1.64. The standard InChI is InChI=1S/C17H26N2O/c1-12(2)19-9-5-6-14(19)10-13-11-18-15-7-4-8-16(20-3)17(13)15/h4,7-8,12-14,18H,5-6,9-11H2,1-3H3/t13?,14-/m1/s1. The molecule has 1 saturated heterocycles. The topological polar surface area (TPSA) is 24.5 Å². The second-order valence-electron chi connectivity index (χ2n) is 6.36. The zero-order chi connectivity index (χ0) is 14.1. The monoisotopic (exact) mass is 274 g/mol. The molecule has 0 bridgehead atoms. The van der Waals surface area contributed by atoms with Gasteiger partial charge in [-0.3, -0.25) is 4.90 Å². The van der Waals surface area contributed by atoms with Crippen molar-refractivity contribution in [3.8, 4) is 5.75 Å². The molecule has 0 aromatic heterocycles. The Morgan fingerprint density at radius 1 is 1.40 bits per heavy atom. The van der Waals surface area contributed by atoms with Crippen LogP contribution >= 0.6 is 0 Å². The first-order chi connectivity index (χ1) is 9.70. The van der Waals surface area contributed by atoms with Crippen LogP contribution in [0.15, 0.2) is 18.2 Å². The maximum absolute atomic E-state index is 5.57. The predicted octanol–water partition coefficient (Wildman–Crippen LogP) is 3.47. The van der Waals surface area contributed by atoms with Crippen LogP contribution in [0.1, 0.15) is 44.6 Å². The molecule has 3 nitrogen and oxygen atoms in total. The van der Waals surface area contributed by atoms with Gasteiger partial charge in [-0.05, 0) is 51.8 Å². The summed E-state index contributed by atoms with van der Waals surface area (Å²) >= 11 is 0. The quantitative estimate of drug-likeness (QED) is 0.910. The van der Waals surface area contributed by atoms with Crippen molar-refractivity contribution in [1.82, 2.24) is 4.90 Å². The Morgan fingerprint density at radius 2 is 2.25 bits per heavy atom. The van der Waals surface area contributed by atoms with Gasteiger partial charge in [-0.25, -0.2) is 0 Å². The van der Waals surface area contributed by atoms with Crippen LogP contribution < -0.4 is 10.1 Å². The first-order valence-electron chi connectivity index (χ1n) is 7.87. The second kappa shape index (κ2) is 5.65. The fraction of sp³-hybridized carbons (Fsp3) is 0.647. The lowest BCUT2D eigenvalue weighted by Crippen LogP contribution is -2.36. The van der Waals surface area contributed by atoms with Gasteiger partial charge in [0.05, 0.1) is 7.11 Å². The maximum Gasteiger partial charge on any atom is 0.124 e. The lowest BCUT2D eigenvalue weighted by molar-refractivity contribution is 0.189. The van der Waals surface area contributed by atoms with Gasteiger partial charge < -0.3 is 10.1 Å². The third-order valence-corrected chi connectivity index (χ3v) is 4.88. The minimum absolute atomic E-state index is 0.588. The van der Waals surface area contributed by atoms with Gasteiger partial charge in [0.25, 0.3) is 0 Å². The summed E-state index contributed by atoms with van der Waals surface area (Å²) < 4.78 is 5.57. The fourth-order valence-corrected chi connectivity index (χ4v) is 3.95. The van der Waals surface area contributed by atoms with Crippen LogP contribution in [0.2, 0.25) is 0 Å². The van der Waals surface area contributed by atoms with Crippen molar-refractivity contribution < 1.29 is 4.74 Å². The highest BCUT2D eigenvalue weighted by Crippen LogP contribution is 2.42. The number of hydrogen-bond acceptors (Lipinski definition) is 3. The molecule has 1 N–H and O–H groups in total. The molecule has 1 aromatic carbocycles. The van der Waals surface area contributed by atoms with Gasteiger partial charge >= 0.3 is 0 Å². The minimum Gasteiger partial charge on any atom is -0.496 e. The molecule has 3 heteroatoms. The van der Waals surface area contributed by atoms with Crippen LogP contribution in [0.5, 0.6) is 5.75 Å². The van der Waals surface area contributed by atoms with Gasteiger partial charge in [-0.1, -0.05) is 6.07 Å². The summed E-state index contributed by atoms with van der Waals surface area (Å²) in [4.78, 5) is 2.67. The van der Waals surface area contributed by atoms with Crippen LogP contribution in [0.25, 0.3) is 0 Å². The molecule has 3 rings (SSSR count). The van der Waals surface area contributed by atoms with Crippen LogP contribution in [0.3, 0.4) is 0 Å². The molecule has 0 saturated carbocycles. The van der Waals surface area contributed by atoms with E-state index in [1.807, 2.05) is 0 Å². The molecular weight excluding hydrogens is 248 g/mol. The molecule has 2 aliphatic heterocycles. The molecule has 0 spiro atoms. The molecule has 20 heavy (non-hydrogen) atoms. The third kappa shape index (κ3) is 2.39. The molecule has 2 heterocycles. The molecule has 1 fully saturated rings. The minimum atomic E-state index is 0.588. The van der Waals surface area contributed by atoms with Crippen LogP contribution in [0.4, 0.5) is 5.69 Å². The Bertz CT molecular complexity index is 472. The van der Waals surface area contributed by atoms with Crippen LogP contribution in [0, 0.1) is 0 Å². The van der Waals surface area contributed by atoms with Crippen LogP contribution in [-0.4, -0.2) is 37.2 Å². The first kappa shape index (κ1) is 13.7. The molecule has 110 valence electrons. The van der Waals surface area contributed by atoms with E-state index in [1.165, 1.54) is 37.1 Å². The Morgan fingerprint density at radius 3 is 3.00 bits per heavy atom. The number of ether oxygens (including phenoxy) is 1.